The highest BCUT2D eigenvalue weighted by atomic mass is 17.1. The maximum absolute atomic E-state index is 11.9. The summed E-state index contributed by atoms with van der Waals surface area (Å²) in [4.78, 5) is 28.7. The molecule has 6 atom stereocenters. The van der Waals surface area contributed by atoms with Gasteiger partial charge in [0.15, 0.2) is 5.78 Å². The van der Waals surface area contributed by atoms with Crippen LogP contribution >= 0.6 is 0 Å². The zero-order chi connectivity index (χ0) is 18.8. The van der Waals surface area contributed by atoms with Gasteiger partial charge in [0.25, 0.3) is 0 Å². The van der Waals surface area contributed by atoms with Gasteiger partial charge in [0, 0.05) is 12.5 Å². The molecule has 0 amide bonds. The van der Waals surface area contributed by atoms with Gasteiger partial charge >= 0.3 is 5.97 Å². The van der Waals surface area contributed by atoms with Gasteiger partial charge in [-0.3, -0.25) is 10.1 Å². The van der Waals surface area contributed by atoms with Gasteiger partial charge in [-0.1, -0.05) is 6.92 Å². The molecule has 5 heteroatoms. The highest BCUT2D eigenvalue weighted by Gasteiger charge is 2.61. The van der Waals surface area contributed by atoms with E-state index < -0.39 is 5.60 Å². The SMILES string of the molecule is C[C@]12CC[C@H]3[C@@H](CCC4=CC(=O)CC[C@@]43OO)[C@H]1CC[C@@H]2C1=CC(=O)OC1. The Balaban J connectivity index is 1.47. The second kappa shape index (κ2) is 6.02. The average molecular weight is 372 g/mol. The van der Waals surface area contributed by atoms with Crippen LogP contribution in [-0.4, -0.2) is 29.2 Å². The lowest BCUT2D eigenvalue weighted by Gasteiger charge is -2.57. The van der Waals surface area contributed by atoms with Crippen molar-refractivity contribution in [3.63, 3.8) is 0 Å². The fourth-order valence-corrected chi connectivity index (χ4v) is 7.53. The van der Waals surface area contributed by atoms with Crippen LogP contribution in [0.2, 0.25) is 0 Å². The minimum Gasteiger partial charge on any atom is -0.458 e. The van der Waals surface area contributed by atoms with Crippen molar-refractivity contribution in [3.8, 4) is 0 Å². The summed E-state index contributed by atoms with van der Waals surface area (Å²) >= 11 is 0. The van der Waals surface area contributed by atoms with Crippen LogP contribution < -0.4 is 0 Å². The molecule has 1 N–H and O–H groups in total. The molecule has 3 fully saturated rings. The summed E-state index contributed by atoms with van der Waals surface area (Å²) in [6, 6.07) is 0. The van der Waals surface area contributed by atoms with Gasteiger partial charge in [0.2, 0.25) is 0 Å². The molecule has 0 bridgehead atoms. The number of fused-ring (bicyclic) bond motifs is 5. The molecule has 5 rings (SSSR count). The van der Waals surface area contributed by atoms with E-state index in [0.717, 1.165) is 44.1 Å². The lowest BCUT2D eigenvalue weighted by molar-refractivity contribution is -0.341. The van der Waals surface area contributed by atoms with Gasteiger partial charge in [-0.2, -0.15) is 0 Å². The molecule has 0 radical (unpaired) electrons. The fourth-order valence-electron chi connectivity index (χ4n) is 7.53. The Labute approximate surface area is 159 Å². The summed E-state index contributed by atoms with van der Waals surface area (Å²) < 4.78 is 5.20. The monoisotopic (exact) mass is 372 g/mol. The number of hydrogen-bond donors (Lipinski definition) is 1. The first-order chi connectivity index (χ1) is 13.0. The summed E-state index contributed by atoms with van der Waals surface area (Å²) in [5.74, 6) is 1.75. The average Bonchev–Trinajstić information content (AvgIpc) is 3.23. The largest absolute Gasteiger partial charge is 0.458 e. The molecular weight excluding hydrogens is 344 g/mol. The molecule has 1 aliphatic heterocycles. The smallest absolute Gasteiger partial charge is 0.331 e. The quantitative estimate of drug-likeness (QED) is 0.453. The minimum atomic E-state index is -0.651. The number of carbonyl (C=O) groups excluding carboxylic acids is 2. The van der Waals surface area contributed by atoms with Gasteiger partial charge in [0.1, 0.15) is 12.2 Å². The van der Waals surface area contributed by atoms with Crippen molar-refractivity contribution in [1.29, 1.82) is 0 Å². The van der Waals surface area contributed by atoms with E-state index in [0.29, 0.717) is 37.2 Å². The number of cyclic esters (lactones) is 1. The molecule has 1 heterocycles. The van der Waals surface area contributed by atoms with E-state index in [-0.39, 0.29) is 23.1 Å². The predicted octanol–water partition coefficient (Wildman–Crippen LogP) is 3.84. The topological polar surface area (TPSA) is 72.8 Å². The van der Waals surface area contributed by atoms with Crippen molar-refractivity contribution in [2.75, 3.05) is 6.61 Å². The summed E-state index contributed by atoms with van der Waals surface area (Å²) in [5, 5.41) is 9.95. The van der Waals surface area contributed by atoms with E-state index in [1.54, 1.807) is 12.2 Å². The minimum absolute atomic E-state index is 0.163. The Morgan fingerprint density at radius 2 is 1.93 bits per heavy atom. The van der Waals surface area contributed by atoms with Crippen molar-refractivity contribution >= 4 is 11.8 Å². The third-order valence-corrected chi connectivity index (χ3v) is 8.70. The van der Waals surface area contributed by atoms with E-state index in [2.05, 4.69) is 6.92 Å². The van der Waals surface area contributed by atoms with E-state index in [9.17, 15) is 14.8 Å². The lowest BCUT2D eigenvalue weighted by Crippen LogP contribution is -2.56. The van der Waals surface area contributed by atoms with E-state index in [1.165, 1.54) is 5.57 Å². The van der Waals surface area contributed by atoms with Crippen molar-refractivity contribution in [3.05, 3.63) is 23.3 Å². The molecule has 146 valence electrons. The third-order valence-electron chi connectivity index (χ3n) is 8.70. The molecule has 27 heavy (non-hydrogen) atoms. The number of hydrogen-bond acceptors (Lipinski definition) is 5. The van der Waals surface area contributed by atoms with Crippen LogP contribution in [-0.2, 0) is 19.2 Å². The van der Waals surface area contributed by atoms with Crippen molar-refractivity contribution in [1.82, 2.24) is 0 Å². The van der Waals surface area contributed by atoms with Crippen LogP contribution in [0.15, 0.2) is 23.3 Å². The molecule has 5 aliphatic rings. The highest BCUT2D eigenvalue weighted by Crippen LogP contribution is 2.66. The standard InChI is InChI=1S/C22H28O5/c1-21-8-7-19-16(3-2-14-11-15(23)6-9-22(14,19)27-25)18(21)5-4-17(21)13-10-20(24)26-12-13/h10-11,16-19,25H,2-9,12H2,1H3/t16-,17+,18+,19-,21+,22+/m0/s1. The lowest BCUT2D eigenvalue weighted by atomic mass is 9.49. The summed E-state index contributed by atoms with van der Waals surface area (Å²) in [6.07, 6.45) is 10.8. The molecule has 0 aromatic heterocycles. The Kier molecular flexibility index (Phi) is 3.93. The third kappa shape index (κ3) is 2.37. The van der Waals surface area contributed by atoms with Gasteiger partial charge in [-0.15, -0.1) is 0 Å². The predicted molar refractivity (Wildman–Crippen MR) is 97.6 cm³/mol. The first kappa shape index (κ1) is 17.6. The molecule has 0 aromatic rings. The zero-order valence-electron chi connectivity index (χ0n) is 15.9. The van der Waals surface area contributed by atoms with Gasteiger partial charge in [-0.05, 0) is 91.3 Å². The number of ether oxygens (including phenoxy) is 1. The summed E-state index contributed by atoms with van der Waals surface area (Å²) in [5.41, 5.74) is 1.72. The second-order valence-electron chi connectivity index (χ2n) is 9.53. The molecule has 3 saturated carbocycles. The number of ketones is 1. The fraction of sp³-hybridized carbons (Fsp3) is 0.727. The normalized spacial score (nSPS) is 46.1. The first-order valence-corrected chi connectivity index (χ1v) is 10.4. The first-order valence-electron chi connectivity index (χ1n) is 10.4. The molecule has 0 unspecified atom stereocenters. The Bertz CT molecular complexity index is 752. The number of carbonyl (C=O) groups is 2. The molecule has 4 aliphatic carbocycles. The molecule has 0 saturated heterocycles. The van der Waals surface area contributed by atoms with Crippen LogP contribution in [0.3, 0.4) is 0 Å². The van der Waals surface area contributed by atoms with Crippen LogP contribution in [0.5, 0.6) is 0 Å². The van der Waals surface area contributed by atoms with Crippen LogP contribution in [0.1, 0.15) is 58.3 Å². The number of rotatable bonds is 2. The second-order valence-corrected chi connectivity index (χ2v) is 9.53. The molecule has 5 nitrogen and oxygen atoms in total. The van der Waals surface area contributed by atoms with Gasteiger partial charge in [0.05, 0.1) is 0 Å². The Morgan fingerprint density at radius 1 is 1.07 bits per heavy atom. The summed E-state index contributed by atoms with van der Waals surface area (Å²) in [7, 11) is 0. The molecule has 0 spiro atoms. The van der Waals surface area contributed by atoms with E-state index in [4.69, 9.17) is 9.62 Å². The number of esters is 1. The van der Waals surface area contributed by atoms with Crippen LogP contribution in [0.25, 0.3) is 0 Å². The summed E-state index contributed by atoms with van der Waals surface area (Å²) in [6.45, 7) is 2.86. The van der Waals surface area contributed by atoms with Gasteiger partial charge < -0.3 is 4.74 Å². The van der Waals surface area contributed by atoms with Crippen molar-refractivity contribution in [2.45, 2.75) is 63.9 Å². The highest BCUT2D eigenvalue weighted by molar-refractivity contribution is 5.92. The molecular formula is C22H28O5. The van der Waals surface area contributed by atoms with Crippen LogP contribution in [0, 0.1) is 29.1 Å². The maximum atomic E-state index is 11.9. The zero-order valence-corrected chi connectivity index (χ0v) is 15.9. The maximum Gasteiger partial charge on any atom is 0.331 e. The van der Waals surface area contributed by atoms with Gasteiger partial charge in [-0.25, -0.2) is 9.68 Å². The van der Waals surface area contributed by atoms with E-state index in [1.807, 2.05) is 0 Å². The van der Waals surface area contributed by atoms with Crippen molar-refractivity contribution in [2.24, 2.45) is 29.1 Å². The van der Waals surface area contributed by atoms with Crippen LogP contribution in [0.4, 0.5) is 0 Å². The van der Waals surface area contributed by atoms with E-state index >= 15 is 0 Å². The Hall–Kier alpha value is -1.46. The van der Waals surface area contributed by atoms with Crippen molar-refractivity contribution < 1.29 is 24.5 Å². The molecule has 0 aromatic carbocycles. The Morgan fingerprint density at radius 3 is 2.67 bits per heavy atom.